The van der Waals surface area contributed by atoms with Crippen molar-refractivity contribution in [1.29, 1.82) is 0 Å². The quantitative estimate of drug-likeness (QED) is 0.506. The van der Waals surface area contributed by atoms with Gasteiger partial charge in [-0.15, -0.1) is 0 Å². The summed E-state index contributed by atoms with van der Waals surface area (Å²) in [6.45, 7) is 26.5. The summed E-state index contributed by atoms with van der Waals surface area (Å²) in [4.78, 5) is 0. The summed E-state index contributed by atoms with van der Waals surface area (Å²) in [7, 11) is 0. The molecule has 2 aromatic rings. The molecule has 0 aliphatic heterocycles. The van der Waals surface area contributed by atoms with Gasteiger partial charge in [0.2, 0.25) is 0 Å². The minimum atomic E-state index is 1.06. The number of allylic oxidation sites excluding steroid dienone is 1. The molecule has 0 saturated carbocycles. The topological polar surface area (TPSA) is 4.41 Å². The number of aromatic nitrogens is 1. The first-order valence-electron chi connectivity index (χ1n) is 11.9. The number of nitrogens with zero attached hydrogens (tertiary/aromatic N) is 1. The molecular formula is C28H47N. The van der Waals surface area contributed by atoms with Crippen molar-refractivity contribution in [1.82, 2.24) is 4.40 Å². The first-order valence-corrected chi connectivity index (χ1v) is 11.9. The average Bonchev–Trinajstić information content (AvgIpc) is 3.31. The van der Waals surface area contributed by atoms with Crippen molar-refractivity contribution >= 4 is 35.9 Å². The lowest BCUT2D eigenvalue weighted by Gasteiger charge is -2.05. The van der Waals surface area contributed by atoms with Crippen LogP contribution in [-0.4, -0.2) is 4.40 Å². The van der Waals surface area contributed by atoms with Gasteiger partial charge in [0.15, 0.2) is 0 Å². The highest BCUT2D eigenvalue weighted by Crippen LogP contribution is 2.20. The van der Waals surface area contributed by atoms with Gasteiger partial charge in [-0.05, 0) is 44.7 Å². The van der Waals surface area contributed by atoms with Crippen LogP contribution < -0.4 is 15.8 Å². The second kappa shape index (κ2) is 16.9. The molecule has 0 radical (unpaired) electrons. The van der Waals surface area contributed by atoms with Gasteiger partial charge in [0, 0.05) is 27.0 Å². The fourth-order valence-electron chi connectivity index (χ4n) is 3.64. The Labute approximate surface area is 181 Å². The minimum absolute atomic E-state index is 1.06. The van der Waals surface area contributed by atoms with Crippen LogP contribution in [0.1, 0.15) is 106 Å². The summed E-state index contributed by atoms with van der Waals surface area (Å²) in [5.74, 6) is 0. The highest BCUT2D eigenvalue weighted by atomic mass is 14.9. The Hall–Kier alpha value is -2.02. The molecule has 2 aromatic heterocycles. The monoisotopic (exact) mass is 397 g/mol. The minimum Gasteiger partial charge on any atom is -0.309 e. The van der Waals surface area contributed by atoms with E-state index in [1.165, 1.54) is 38.1 Å². The molecule has 1 nitrogen and oxygen atoms in total. The number of rotatable bonds is 2. The van der Waals surface area contributed by atoms with Crippen molar-refractivity contribution in [2.75, 3.05) is 0 Å². The standard InChI is InChI=1S/C20H23N.4C2H6/c1-5-11-17-16-12-9-10-13-19(16)21-18(8-4)14(6-2)15(7-3)20(17)21;4*1-2/h6-8,10-11,13H,3,5,9,12H2,1-2,4H3;4*1-2H3/b14-6-,17-11-,18-8+;;;;. The normalized spacial score (nSPS) is 13.1. The van der Waals surface area contributed by atoms with Gasteiger partial charge >= 0.3 is 0 Å². The molecule has 29 heavy (non-hydrogen) atoms. The molecular weight excluding hydrogens is 350 g/mol. The number of hydrogen-bond acceptors (Lipinski definition) is 0. The lowest BCUT2D eigenvalue weighted by Crippen LogP contribution is -2.27. The van der Waals surface area contributed by atoms with E-state index < -0.39 is 0 Å². The van der Waals surface area contributed by atoms with Crippen LogP contribution in [-0.2, 0) is 6.42 Å². The highest BCUT2D eigenvalue weighted by Gasteiger charge is 2.18. The molecule has 0 fully saturated rings. The summed E-state index contributed by atoms with van der Waals surface area (Å²) in [6.07, 6.45) is 16.7. The Morgan fingerprint density at radius 1 is 0.931 bits per heavy atom. The second-order valence-electron chi connectivity index (χ2n) is 5.51. The Bertz CT molecular complexity index is 905. The van der Waals surface area contributed by atoms with Gasteiger partial charge < -0.3 is 4.40 Å². The molecule has 1 aliphatic carbocycles. The molecule has 0 N–H and O–H groups in total. The number of fused-ring (bicyclic) bond motifs is 3. The Kier molecular flexibility index (Phi) is 17.0. The van der Waals surface area contributed by atoms with Gasteiger partial charge in [0.05, 0.1) is 5.52 Å². The van der Waals surface area contributed by atoms with E-state index in [0.717, 1.165) is 19.3 Å². The smallest absolute Gasteiger partial charge is 0.0613 e. The van der Waals surface area contributed by atoms with Crippen molar-refractivity contribution in [2.24, 2.45) is 0 Å². The summed E-state index contributed by atoms with van der Waals surface area (Å²) in [6, 6.07) is 0. The molecule has 0 spiro atoms. The van der Waals surface area contributed by atoms with E-state index in [4.69, 9.17) is 0 Å². The molecule has 164 valence electrons. The maximum atomic E-state index is 4.07. The molecule has 0 saturated heterocycles. The van der Waals surface area contributed by atoms with E-state index in [1.54, 1.807) is 0 Å². The van der Waals surface area contributed by atoms with Crippen LogP contribution in [0.3, 0.4) is 0 Å². The van der Waals surface area contributed by atoms with Gasteiger partial charge in [-0.3, -0.25) is 0 Å². The summed E-state index contributed by atoms with van der Waals surface area (Å²) in [5, 5.41) is 4.01. The Morgan fingerprint density at radius 2 is 1.52 bits per heavy atom. The zero-order valence-corrected chi connectivity index (χ0v) is 21.2. The van der Waals surface area contributed by atoms with E-state index in [9.17, 15) is 0 Å². The highest BCUT2D eigenvalue weighted by molar-refractivity contribution is 5.78. The fourth-order valence-corrected chi connectivity index (χ4v) is 3.64. The molecule has 0 unspecified atom stereocenters. The van der Waals surface area contributed by atoms with Crippen LogP contribution >= 0.6 is 0 Å². The Balaban J connectivity index is 0. The van der Waals surface area contributed by atoms with Crippen LogP contribution in [0.5, 0.6) is 0 Å². The van der Waals surface area contributed by atoms with Crippen LogP contribution in [0, 0.1) is 0 Å². The van der Waals surface area contributed by atoms with E-state index in [1.807, 2.05) is 61.5 Å². The SMILES string of the molecule is C=Cc1c(=C/C)/c(=C\C)n2c3c(/c(=C/CC)c12)CCC=C3.CC.CC.CC.CC. The predicted octanol–water partition coefficient (Wildman–Crippen LogP) is 7.16. The molecule has 2 heterocycles. The molecule has 0 bridgehead atoms. The van der Waals surface area contributed by atoms with Crippen molar-refractivity contribution in [2.45, 2.75) is 95.4 Å². The van der Waals surface area contributed by atoms with Gasteiger partial charge in [-0.25, -0.2) is 0 Å². The van der Waals surface area contributed by atoms with Crippen molar-refractivity contribution in [3.63, 3.8) is 0 Å². The van der Waals surface area contributed by atoms with Crippen LogP contribution in [0.15, 0.2) is 12.7 Å². The first-order chi connectivity index (χ1) is 14.3. The van der Waals surface area contributed by atoms with Crippen molar-refractivity contribution < 1.29 is 0 Å². The van der Waals surface area contributed by atoms with Gasteiger partial charge in [-0.1, -0.05) is 99.3 Å². The predicted molar refractivity (Wildman–Crippen MR) is 140 cm³/mol. The third-order valence-electron chi connectivity index (χ3n) is 4.43. The molecule has 0 atom stereocenters. The zero-order chi connectivity index (χ0) is 23.0. The van der Waals surface area contributed by atoms with Gasteiger partial charge in [-0.2, -0.15) is 0 Å². The third kappa shape index (κ3) is 5.98. The van der Waals surface area contributed by atoms with E-state index in [-0.39, 0.29) is 0 Å². The van der Waals surface area contributed by atoms with Gasteiger partial charge in [0.25, 0.3) is 0 Å². The van der Waals surface area contributed by atoms with Crippen LogP contribution in [0.4, 0.5) is 0 Å². The summed E-state index contributed by atoms with van der Waals surface area (Å²) >= 11 is 0. The molecule has 1 heteroatoms. The van der Waals surface area contributed by atoms with Crippen LogP contribution in [0.25, 0.3) is 35.9 Å². The third-order valence-corrected chi connectivity index (χ3v) is 4.43. The fraction of sp³-hybridized carbons (Fsp3) is 0.500. The largest absolute Gasteiger partial charge is 0.309 e. The molecule has 1 aliphatic rings. The Morgan fingerprint density at radius 3 is 1.97 bits per heavy atom. The first kappa shape index (κ1) is 29.2. The van der Waals surface area contributed by atoms with Gasteiger partial charge in [0.1, 0.15) is 0 Å². The van der Waals surface area contributed by atoms with Crippen LogP contribution in [0.2, 0.25) is 0 Å². The lowest BCUT2D eigenvalue weighted by atomic mass is 10.0. The summed E-state index contributed by atoms with van der Waals surface area (Å²) < 4.78 is 2.43. The van der Waals surface area contributed by atoms with E-state index in [2.05, 4.69) is 62.1 Å². The summed E-state index contributed by atoms with van der Waals surface area (Å²) in [5.41, 5.74) is 5.47. The lowest BCUT2D eigenvalue weighted by molar-refractivity contribution is 0.962. The molecule has 0 aromatic carbocycles. The van der Waals surface area contributed by atoms with Crippen molar-refractivity contribution in [3.8, 4) is 0 Å². The second-order valence-corrected chi connectivity index (χ2v) is 5.51. The van der Waals surface area contributed by atoms with Crippen molar-refractivity contribution in [3.05, 3.63) is 45.3 Å². The van der Waals surface area contributed by atoms with E-state index in [0.29, 0.717) is 0 Å². The maximum absolute atomic E-state index is 4.07. The number of hydrogen-bond donors (Lipinski definition) is 0. The van der Waals surface area contributed by atoms with E-state index >= 15 is 0 Å². The molecule has 3 rings (SSSR count). The molecule has 0 amide bonds. The maximum Gasteiger partial charge on any atom is 0.0613 e. The average molecular weight is 398 g/mol. The zero-order valence-electron chi connectivity index (χ0n) is 21.2.